The zero-order valence-electron chi connectivity index (χ0n) is 23.9. The van der Waals surface area contributed by atoms with Crippen molar-refractivity contribution >= 4 is 11.6 Å². The van der Waals surface area contributed by atoms with Crippen molar-refractivity contribution in [1.29, 1.82) is 0 Å². The van der Waals surface area contributed by atoms with E-state index in [4.69, 9.17) is 0 Å². The van der Waals surface area contributed by atoms with E-state index in [0.29, 0.717) is 18.8 Å². The lowest BCUT2D eigenvalue weighted by Gasteiger charge is -2.39. The Kier molecular flexibility index (Phi) is 8.51. The number of piperazine rings is 1. The van der Waals surface area contributed by atoms with E-state index < -0.39 is 11.7 Å². The number of aryl methyl sites for hydroxylation is 2. The molecule has 9 heteroatoms. The molecule has 1 fully saturated rings. The predicted molar refractivity (Wildman–Crippen MR) is 151 cm³/mol. The molecule has 0 bridgehead atoms. The fourth-order valence-corrected chi connectivity index (χ4v) is 5.51. The Bertz CT molecular complexity index is 1310. The average molecular weight is 539 g/mol. The minimum Gasteiger partial charge on any atom is -0.311 e. The van der Waals surface area contributed by atoms with Gasteiger partial charge >= 0.3 is 0 Å². The summed E-state index contributed by atoms with van der Waals surface area (Å²) in [6.45, 7) is 16.0. The highest BCUT2D eigenvalue weighted by Crippen LogP contribution is 2.40. The summed E-state index contributed by atoms with van der Waals surface area (Å²) < 4.78 is 29.8. The van der Waals surface area contributed by atoms with Crippen molar-refractivity contribution in [1.82, 2.24) is 25.0 Å². The van der Waals surface area contributed by atoms with Gasteiger partial charge in [-0.3, -0.25) is 19.4 Å². The number of rotatable bonds is 8. The summed E-state index contributed by atoms with van der Waals surface area (Å²) in [6, 6.07) is 4.40. The number of carbonyl (C=O) groups excluding carboxylic acids is 1. The average Bonchev–Trinajstić information content (AvgIpc) is 3.33. The first-order chi connectivity index (χ1) is 18.4. The molecule has 4 heterocycles. The summed E-state index contributed by atoms with van der Waals surface area (Å²) >= 11 is 0. The van der Waals surface area contributed by atoms with Gasteiger partial charge in [-0.1, -0.05) is 26.5 Å². The molecule has 0 radical (unpaired) electrons. The first-order valence-corrected chi connectivity index (χ1v) is 13.5. The van der Waals surface area contributed by atoms with Crippen LogP contribution in [0.25, 0.3) is 0 Å². The number of anilines is 1. The minimum absolute atomic E-state index is 0.0271. The van der Waals surface area contributed by atoms with Gasteiger partial charge in [0.25, 0.3) is 0 Å². The van der Waals surface area contributed by atoms with Crippen molar-refractivity contribution in [2.45, 2.75) is 65.0 Å². The number of hydrogen-bond acceptors (Lipinski definition) is 5. The molecule has 2 atom stereocenters. The zero-order chi connectivity index (χ0) is 28.5. The van der Waals surface area contributed by atoms with Crippen molar-refractivity contribution in [2.24, 2.45) is 7.05 Å². The van der Waals surface area contributed by atoms with Gasteiger partial charge in [0.1, 0.15) is 11.7 Å². The van der Waals surface area contributed by atoms with E-state index in [0.717, 1.165) is 48.2 Å². The lowest BCUT2D eigenvalue weighted by atomic mass is 9.88. The molecule has 1 saturated heterocycles. The highest BCUT2D eigenvalue weighted by atomic mass is 19.1. The van der Waals surface area contributed by atoms with Gasteiger partial charge in [0.2, 0.25) is 5.91 Å². The molecule has 210 valence electrons. The van der Waals surface area contributed by atoms with E-state index in [1.165, 1.54) is 13.0 Å². The second-order valence-corrected chi connectivity index (χ2v) is 11.5. The third kappa shape index (κ3) is 6.53. The minimum atomic E-state index is -0.719. The molecule has 2 aliphatic rings. The third-order valence-corrected chi connectivity index (χ3v) is 7.69. The van der Waals surface area contributed by atoms with Crippen LogP contribution in [0.2, 0.25) is 0 Å². The topological polar surface area (TPSA) is 66.3 Å². The first kappa shape index (κ1) is 28.8. The third-order valence-electron chi connectivity index (χ3n) is 7.69. The van der Waals surface area contributed by atoms with E-state index in [2.05, 4.69) is 53.7 Å². The second kappa shape index (κ2) is 11.5. The molecule has 4 rings (SSSR count). The van der Waals surface area contributed by atoms with Crippen molar-refractivity contribution in [3.05, 3.63) is 76.9 Å². The Morgan fingerprint density at radius 2 is 2.05 bits per heavy atom. The zero-order valence-corrected chi connectivity index (χ0v) is 23.9. The lowest BCUT2D eigenvalue weighted by Crippen LogP contribution is -2.58. The molecule has 1 amide bonds. The van der Waals surface area contributed by atoms with Gasteiger partial charge in [0, 0.05) is 86.2 Å². The number of pyridine rings is 1. The van der Waals surface area contributed by atoms with Crippen LogP contribution in [0.5, 0.6) is 0 Å². The number of fused-ring (bicyclic) bond motifs is 1. The van der Waals surface area contributed by atoms with Crippen LogP contribution in [0.15, 0.2) is 54.3 Å². The molecular weight excluding hydrogens is 498 g/mol. The summed E-state index contributed by atoms with van der Waals surface area (Å²) in [5, 5.41) is 8.04. The van der Waals surface area contributed by atoms with Crippen LogP contribution in [-0.2, 0) is 30.1 Å². The molecule has 2 aromatic heterocycles. The van der Waals surface area contributed by atoms with Gasteiger partial charge in [0.05, 0.1) is 17.9 Å². The highest BCUT2D eigenvalue weighted by molar-refractivity contribution is 5.97. The molecule has 2 aliphatic heterocycles. The van der Waals surface area contributed by atoms with Crippen LogP contribution in [-0.4, -0.2) is 63.8 Å². The number of amides is 1. The van der Waals surface area contributed by atoms with Crippen molar-refractivity contribution in [3.8, 4) is 0 Å². The number of nitrogens with one attached hydrogen (secondary N) is 1. The van der Waals surface area contributed by atoms with Crippen molar-refractivity contribution in [2.75, 3.05) is 31.1 Å². The van der Waals surface area contributed by atoms with E-state index in [9.17, 15) is 13.6 Å². The van der Waals surface area contributed by atoms with Gasteiger partial charge in [-0.2, -0.15) is 5.10 Å². The van der Waals surface area contributed by atoms with Gasteiger partial charge in [-0.25, -0.2) is 8.78 Å². The SMILES string of the molecule is C=C(Cc1cc2c(cn1)C(C)(C)CN2C(=O)CN1C[C@@H](C)NC[C@@H]1Cc1cc(C)nn1C)/C(F)=C\C(F)=C/C. The molecule has 7 nitrogen and oxygen atoms in total. The molecule has 0 unspecified atom stereocenters. The van der Waals surface area contributed by atoms with Crippen LogP contribution in [0.4, 0.5) is 14.5 Å². The predicted octanol–water partition coefficient (Wildman–Crippen LogP) is 4.48. The molecule has 1 N–H and O–H groups in total. The van der Waals surface area contributed by atoms with Gasteiger partial charge in [-0.05, 0) is 38.5 Å². The van der Waals surface area contributed by atoms with Gasteiger partial charge in [-0.15, -0.1) is 0 Å². The molecule has 0 spiro atoms. The Labute approximate surface area is 230 Å². The van der Waals surface area contributed by atoms with Gasteiger partial charge < -0.3 is 10.2 Å². The fraction of sp³-hybridized carbons (Fsp3) is 0.500. The summed E-state index contributed by atoms with van der Waals surface area (Å²) in [5.74, 6) is -1.35. The van der Waals surface area contributed by atoms with Crippen LogP contribution in [0.3, 0.4) is 0 Å². The number of halogens is 2. The summed E-state index contributed by atoms with van der Waals surface area (Å²) in [4.78, 5) is 22.5. The van der Waals surface area contributed by atoms with Gasteiger partial charge in [0.15, 0.2) is 0 Å². The van der Waals surface area contributed by atoms with E-state index in [-0.39, 0.29) is 35.4 Å². The van der Waals surface area contributed by atoms with Crippen LogP contribution >= 0.6 is 0 Å². The highest BCUT2D eigenvalue weighted by Gasteiger charge is 2.40. The smallest absolute Gasteiger partial charge is 0.241 e. The Morgan fingerprint density at radius 1 is 1.31 bits per heavy atom. The largest absolute Gasteiger partial charge is 0.311 e. The molecular formula is C30H40F2N6O. The van der Waals surface area contributed by atoms with Crippen molar-refractivity contribution < 1.29 is 13.6 Å². The normalized spacial score (nSPS) is 21.8. The Morgan fingerprint density at radius 3 is 2.72 bits per heavy atom. The maximum absolute atomic E-state index is 14.4. The number of allylic oxidation sites excluding steroid dienone is 5. The monoisotopic (exact) mass is 538 g/mol. The maximum Gasteiger partial charge on any atom is 0.241 e. The Hall–Kier alpha value is -3.17. The number of carbonyl (C=O) groups is 1. The van der Waals surface area contributed by atoms with Crippen LogP contribution in [0.1, 0.15) is 50.3 Å². The van der Waals surface area contributed by atoms with Crippen molar-refractivity contribution in [3.63, 3.8) is 0 Å². The quantitative estimate of drug-likeness (QED) is 0.502. The molecule has 2 aromatic rings. The first-order valence-electron chi connectivity index (χ1n) is 13.5. The van der Waals surface area contributed by atoms with Crippen LogP contribution < -0.4 is 10.2 Å². The number of hydrogen-bond donors (Lipinski definition) is 1. The fourth-order valence-electron chi connectivity index (χ4n) is 5.51. The summed E-state index contributed by atoms with van der Waals surface area (Å²) in [6.07, 6.45) is 4.71. The molecule has 39 heavy (non-hydrogen) atoms. The number of nitrogens with zero attached hydrogens (tertiary/aromatic N) is 5. The van der Waals surface area contributed by atoms with Crippen LogP contribution in [0, 0.1) is 6.92 Å². The van der Waals surface area contributed by atoms with E-state index >= 15 is 0 Å². The molecule has 0 saturated carbocycles. The van der Waals surface area contributed by atoms with E-state index in [1.54, 1.807) is 6.20 Å². The lowest BCUT2D eigenvalue weighted by molar-refractivity contribution is -0.120. The molecule has 0 aromatic carbocycles. The van der Waals surface area contributed by atoms with E-state index in [1.807, 2.05) is 29.6 Å². The maximum atomic E-state index is 14.4. The second-order valence-electron chi connectivity index (χ2n) is 11.5. The summed E-state index contributed by atoms with van der Waals surface area (Å²) in [5.41, 5.74) is 4.36. The number of aromatic nitrogens is 3. The Balaban J connectivity index is 1.53. The molecule has 0 aliphatic carbocycles. The standard InChI is InChI=1S/C30H40F2N6O/c1-8-22(31)11-27(32)19(2)9-23-12-28-26(15-34-23)30(5,6)18-38(28)29(39)17-37-16-21(4)33-14-25(37)13-24-10-20(3)35-36(24)7/h8,10-12,15,21,25,33H,2,9,13-14,16-18H2,1,3-7H3/b22-8+,27-11+/t21-,25+/m1/s1. The summed E-state index contributed by atoms with van der Waals surface area (Å²) in [7, 11) is 1.96.